The molecule has 122 valence electrons. The molecule has 2 aromatic rings. The van der Waals surface area contributed by atoms with Crippen LogP contribution in [0.3, 0.4) is 0 Å². The first-order valence-electron chi connectivity index (χ1n) is 6.55. The predicted molar refractivity (Wildman–Crippen MR) is 97.6 cm³/mol. The molecule has 0 atom stereocenters. The van der Waals surface area contributed by atoms with Gasteiger partial charge in [0.2, 0.25) is 0 Å². The molecule has 23 heavy (non-hydrogen) atoms. The number of benzene rings is 2. The Morgan fingerprint density at radius 1 is 1.17 bits per heavy atom. The standard InChI is InChI=1S/C16H14ClN3O.ClH.S/c1-18-15-10-20(21)16(11-5-3-2-4-6-11)13-9-12(17)7-8-14(13)19-15;;/h2-9,21H,10H2,1H3;1H;/q;;-2. The van der Waals surface area contributed by atoms with E-state index in [1.165, 1.54) is 5.06 Å². The summed E-state index contributed by atoms with van der Waals surface area (Å²) in [5, 5.41) is 13.8. The third-order valence-corrected chi connectivity index (χ3v) is 3.55. The van der Waals surface area contributed by atoms with Crippen LogP contribution in [0.1, 0.15) is 5.56 Å². The Labute approximate surface area is 152 Å². The van der Waals surface area contributed by atoms with Crippen molar-refractivity contribution in [3.05, 3.63) is 69.7 Å². The number of fused-ring (bicyclic) bond motifs is 1. The number of aliphatic imine (C=N–C) groups is 1. The van der Waals surface area contributed by atoms with Gasteiger partial charge in [-0.1, -0.05) is 41.9 Å². The highest BCUT2D eigenvalue weighted by molar-refractivity contribution is 7.37. The zero-order valence-electron chi connectivity index (χ0n) is 12.3. The van der Waals surface area contributed by atoms with Crippen LogP contribution in [0.4, 0.5) is 0 Å². The molecule has 0 unspecified atom stereocenters. The highest BCUT2D eigenvalue weighted by Gasteiger charge is 2.17. The van der Waals surface area contributed by atoms with Crippen LogP contribution in [0.25, 0.3) is 5.70 Å². The van der Waals surface area contributed by atoms with Gasteiger partial charge in [-0.2, -0.15) is 0 Å². The fourth-order valence-corrected chi connectivity index (χ4v) is 2.52. The highest BCUT2D eigenvalue weighted by Crippen LogP contribution is 2.15. The molecule has 1 aliphatic heterocycles. The molecular weight excluding hydrogens is 353 g/mol. The number of halogens is 2. The topological polar surface area (TPSA) is 48.2 Å². The van der Waals surface area contributed by atoms with E-state index < -0.39 is 0 Å². The molecule has 2 aromatic carbocycles. The van der Waals surface area contributed by atoms with Crippen LogP contribution in [0.5, 0.6) is 0 Å². The van der Waals surface area contributed by atoms with Crippen LogP contribution in [0.15, 0.2) is 58.5 Å². The van der Waals surface area contributed by atoms with Crippen molar-refractivity contribution in [2.75, 3.05) is 13.6 Å². The zero-order valence-corrected chi connectivity index (χ0v) is 14.7. The molecule has 1 heterocycles. The molecule has 0 amide bonds. The lowest BCUT2D eigenvalue weighted by Crippen LogP contribution is -2.31. The van der Waals surface area contributed by atoms with E-state index >= 15 is 0 Å². The first-order valence-corrected chi connectivity index (χ1v) is 6.93. The highest BCUT2D eigenvalue weighted by atomic mass is 35.5. The Bertz CT molecular complexity index is 825. The normalized spacial score (nSPS) is 15.0. The van der Waals surface area contributed by atoms with E-state index in [2.05, 4.69) is 9.98 Å². The minimum absolute atomic E-state index is 0. The van der Waals surface area contributed by atoms with E-state index in [0.717, 1.165) is 16.1 Å². The van der Waals surface area contributed by atoms with Gasteiger partial charge in [0.1, 0.15) is 12.4 Å². The minimum Gasteiger partial charge on any atom is -2.00 e. The van der Waals surface area contributed by atoms with Crippen molar-refractivity contribution < 1.29 is 5.21 Å². The summed E-state index contributed by atoms with van der Waals surface area (Å²) in [5.74, 6) is 0.562. The average molecular weight is 368 g/mol. The quantitative estimate of drug-likeness (QED) is 0.840. The van der Waals surface area contributed by atoms with Gasteiger partial charge in [-0.25, -0.2) is 10.1 Å². The van der Waals surface area contributed by atoms with Crippen molar-refractivity contribution >= 4 is 49.0 Å². The summed E-state index contributed by atoms with van der Waals surface area (Å²) in [4.78, 5) is 8.60. The summed E-state index contributed by atoms with van der Waals surface area (Å²) >= 11 is 6.12. The maximum atomic E-state index is 10.5. The Morgan fingerprint density at radius 2 is 1.87 bits per heavy atom. The summed E-state index contributed by atoms with van der Waals surface area (Å²) < 4.78 is 0. The fraction of sp³-hybridized carbons (Fsp3) is 0.125. The van der Waals surface area contributed by atoms with Gasteiger partial charge in [0.15, 0.2) is 0 Å². The van der Waals surface area contributed by atoms with E-state index in [4.69, 9.17) is 11.6 Å². The average Bonchev–Trinajstić information content (AvgIpc) is 2.63. The van der Waals surface area contributed by atoms with Crippen molar-refractivity contribution in [2.24, 2.45) is 9.98 Å². The van der Waals surface area contributed by atoms with Crippen molar-refractivity contribution in [3.8, 4) is 0 Å². The molecule has 0 saturated carbocycles. The summed E-state index contributed by atoms with van der Waals surface area (Å²) in [5.41, 5.74) is 1.58. The molecule has 1 N–H and O–H groups in total. The van der Waals surface area contributed by atoms with Crippen LogP contribution in [0.2, 0.25) is 5.02 Å². The maximum absolute atomic E-state index is 10.5. The van der Waals surface area contributed by atoms with Crippen LogP contribution in [-0.4, -0.2) is 29.7 Å². The molecule has 7 heteroatoms. The van der Waals surface area contributed by atoms with Crippen molar-refractivity contribution in [1.29, 1.82) is 0 Å². The minimum atomic E-state index is 0. The van der Waals surface area contributed by atoms with Crippen molar-refractivity contribution in [2.45, 2.75) is 0 Å². The SMILES string of the molecule is CN=C1CN(O)C(c2ccccc2)=c2cc(Cl)ccc2=N1.Cl.[S-2]. The third-order valence-electron chi connectivity index (χ3n) is 3.32. The first kappa shape index (κ1) is 19.5. The summed E-state index contributed by atoms with van der Waals surface area (Å²) in [6.07, 6.45) is 0. The lowest BCUT2D eigenvalue weighted by Gasteiger charge is -2.19. The summed E-state index contributed by atoms with van der Waals surface area (Å²) in [6, 6.07) is 15.1. The summed E-state index contributed by atoms with van der Waals surface area (Å²) in [6.45, 7) is 0.229. The van der Waals surface area contributed by atoms with E-state index in [0.29, 0.717) is 16.6 Å². The maximum Gasteiger partial charge on any atom is 0.145 e. The molecule has 0 aromatic heterocycles. The molecule has 3 rings (SSSR count). The van der Waals surface area contributed by atoms with Gasteiger partial charge in [0.05, 0.1) is 11.1 Å². The molecule has 0 radical (unpaired) electrons. The molecule has 4 nitrogen and oxygen atoms in total. The largest absolute Gasteiger partial charge is 2.00 e. The van der Waals surface area contributed by atoms with E-state index in [9.17, 15) is 5.21 Å². The first-order chi connectivity index (χ1) is 10.2. The Kier molecular flexibility index (Phi) is 7.09. The lowest BCUT2D eigenvalue weighted by atomic mass is 10.1. The van der Waals surface area contributed by atoms with Crippen LogP contribution < -0.4 is 10.6 Å². The van der Waals surface area contributed by atoms with Gasteiger partial charge in [-0.15, -0.1) is 12.4 Å². The van der Waals surface area contributed by atoms with Crippen LogP contribution >= 0.6 is 24.0 Å². The van der Waals surface area contributed by atoms with E-state index in [-0.39, 0.29) is 32.4 Å². The van der Waals surface area contributed by atoms with E-state index in [1.54, 1.807) is 13.1 Å². The molecular formula is C16H15Cl2N3OS-2. The van der Waals surface area contributed by atoms with Gasteiger partial charge in [-0.3, -0.25) is 10.2 Å². The van der Waals surface area contributed by atoms with Gasteiger partial charge < -0.3 is 13.5 Å². The second-order valence-corrected chi connectivity index (χ2v) is 5.12. The molecule has 1 aliphatic rings. The van der Waals surface area contributed by atoms with Gasteiger partial charge in [-0.05, 0) is 18.2 Å². The van der Waals surface area contributed by atoms with E-state index in [1.807, 2.05) is 42.5 Å². The van der Waals surface area contributed by atoms with Crippen LogP contribution in [0, 0.1) is 0 Å². The Balaban J connectivity index is 0.00000132. The number of amidine groups is 1. The van der Waals surface area contributed by atoms with Crippen LogP contribution in [-0.2, 0) is 13.5 Å². The molecule has 0 bridgehead atoms. The monoisotopic (exact) mass is 367 g/mol. The number of hydroxylamine groups is 2. The second kappa shape index (κ2) is 8.36. The number of hydrogen-bond donors (Lipinski definition) is 1. The van der Waals surface area contributed by atoms with Crippen molar-refractivity contribution in [1.82, 2.24) is 5.06 Å². The lowest BCUT2D eigenvalue weighted by molar-refractivity contribution is -0.0119. The number of rotatable bonds is 1. The van der Waals surface area contributed by atoms with Crippen molar-refractivity contribution in [3.63, 3.8) is 0 Å². The van der Waals surface area contributed by atoms with Gasteiger partial charge in [0, 0.05) is 22.9 Å². The third kappa shape index (κ3) is 4.06. The number of nitrogens with zero attached hydrogens (tertiary/aromatic N) is 3. The fourth-order valence-electron chi connectivity index (χ4n) is 2.34. The molecule has 0 aliphatic carbocycles. The molecule has 0 saturated heterocycles. The Hall–Kier alpha value is -1.53. The molecule has 0 fully saturated rings. The number of hydrogen-bond acceptors (Lipinski definition) is 3. The van der Waals surface area contributed by atoms with Gasteiger partial charge >= 0.3 is 0 Å². The predicted octanol–water partition coefficient (Wildman–Crippen LogP) is 2.27. The zero-order chi connectivity index (χ0) is 14.8. The second-order valence-electron chi connectivity index (χ2n) is 4.69. The Morgan fingerprint density at radius 3 is 2.52 bits per heavy atom. The van der Waals surface area contributed by atoms with Gasteiger partial charge in [0.25, 0.3) is 0 Å². The smallest absolute Gasteiger partial charge is 0.145 e. The molecule has 0 spiro atoms. The summed E-state index contributed by atoms with van der Waals surface area (Å²) in [7, 11) is 1.66.